The van der Waals surface area contributed by atoms with Gasteiger partial charge in [-0.3, -0.25) is 19.5 Å². The number of urea groups is 1. The predicted molar refractivity (Wildman–Crippen MR) is 200 cm³/mol. The lowest BCUT2D eigenvalue weighted by Crippen LogP contribution is -2.29. The Bertz CT molecular complexity index is 2170. The number of anilines is 1. The van der Waals surface area contributed by atoms with Crippen LogP contribution in [0.3, 0.4) is 0 Å². The van der Waals surface area contributed by atoms with Crippen molar-refractivity contribution in [3.8, 4) is 17.1 Å². The molecule has 52 heavy (non-hydrogen) atoms. The van der Waals surface area contributed by atoms with Gasteiger partial charge in [0.2, 0.25) is 0 Å². The zero-order valence-corrected chi connectivity index (χ0v) is 30.7. The summed E-state index contributed by atoms with van der Waals surface area (Å²) in [6.07, 6.45) is 0. The Balaban J connectivity index is 1.32. The molecule has 0 aliphatic carbocycles. The maximum Gasteiger partial charge on any atom is 0.320 e. The average Bonchev–Trinajstić information content (AvgIpc) is 3.53. The molecule has 2 aromatic heterocycles. The molecule has 13 heteroatoms. The van der Waals surface area contributed by atoms with E-state index in [1.807, 2.05) is 58.0 Å². The molecule has 272 valence electrons. The number of aliphatic hydroxyl groups is 1. The number of aliphatic hydroxyl groups excluding tert-OH is 1. The van der Waals surface area contributed by atoms with Gasteiger partial charge in [0.1, 0.15) is 29.0 Å². The van der Waals surface area contributed by atoms with Crippen LogP contribution in [-0.2, 0) is 18.6 Å². The number of carbonyl (C=O) groups is 2. The largest absolute Gasteiger partial charge is 0.487 e. The molecule has 0 aliphatic heterocycles. The number of benzene rings is 3. The monoisotopic (exact) mass is 728 g/mol. The first-order chi connectivity index (χ1) is 24.7. The Labute approximate surface area is 306 Å². The van der Waals surface area contributed by atoms with E-state index in [1.165, 1.54) is 16.7 Å². The summed E-state index contributed by atoms with van der Waals surface area (Å²) in [4.78, 5) is 39.3. The van der Waals surface area contributed by atoms with E-state index in [1.54, 1.807) is 48.9 Å². The topological polar surface area (TPSA) is 140 Å². The summed E-state index contributed by atoms with van der Waals surface area (Å²) in [7, 11) is 0. The van der Waals surface area contributed by atoms with E-state index in [0.29, 0.717) is 33.9 Å². The summed E-state index contributed by atoms with van der Waals surface area (Å²) in [6.45, 7) is 11.4. The zero-order chi connectivity index (χ0) is 37.7. The van der Waals surface area contributed by atoms with Gasteiger partial charge in [-0.05, 0) is 73.9 Å². The van der Waals surface area contributed by atoms with Gasteiger partial charge in [-0.15, -0.1) is 0 Å². The number of halogens is 2. The van der Waals surface area contributed by atoms with Crippen molar-refractivity contribution in [2.24, 2.45) is 0 Å². The van der Waals surface area contributed by atoms with Crippen LogP contribution in [0.1, 0.15) is 64.8 Å². The summed E-state index contributed by atoms with van der Waals surface area (Å²) in [5.74, 6) is -0.291. The van der Waals surface area contributed by atoms with Crippen molar-refractivity contribution in [3.63, 3.8) is 0 Å². The molecule has 5 aromatic rings. The molecule has 0 saturated heterocycles. The Morgan fingerprint density at radius 2 is 1.67 bits per heavy atom. The number of ether oxygens (including phenoxy) is 1. The van der Waals surface area contributed by atoms with Gasteiger partial charge in [0, 0.05) is 41.9 Å². The van der Waals surface area contributed by atoms with Crippen molar-refractivity contribution < 1.29 is 23.8 Å². The second-order valence-corrected chi connectivity index (χ2v) is 13.9. The van der Waals surface area contributed by atoms with Gasteiger partial charge >= 0.3 is 6.03 Å². The number of rotatable bonds is 11. The van der Waals surface area contributed by atoms with Crippen LogP contribution in [0, 0.1) is 26.6 Å². The number of hydrogen-bond acceptors (Lipinski definition) is 6. The van der Waals surface area contributed by atoms with Crippen LogP contribution in [0.2, 0.25) is 5.02 Å². The highest BCUT2D eigenvalue weighted by Gasteiger charge is 2.22. The quantitative estimate of drug-likeness (QED) is 0.120. The fourth-order valence-electron chi connectivity index (χ4n) is 5.46. The van der Waals surface area contributed by atoms with Crippen molar-refractivity contribution in [3.05, 3.63) is 133 Å². The molecule has 0 saturated carbocycles. The lowest BCUT2D eigenvalue weighted by Gasteiger charge is -2.18. The first kappa shape index (κ1) is 37.8. The van der Waals surface area contributed by atoms with E-state index in [0.717, 1.165) is 22.5 Å². The van der Waals surface area contributed by atoms with Crippen molar-refractivity contribution in [1.82, 2.24) is 25.0 Å². The highest BCUT2D eigenvalue weighted by Crippen LogP contribution is 2.28. The molecule has 0 spiro atoms. The molecule has 0 atom stereocenters. The third kappa shape index (κ3) is 8.70. The Morgan fingerprint density at radius 1 is 0.942 bits per heavy atom. The summed E-state index contributed by atoms with van der Waals surface area (Å²) < 4.78 is 23.5. The maximum atomic E-state index is 14.4. The smallest absolute Gasteiger partial charge is 0.320 e. The Kier molecular flexibility index (Phi) is 11.5. The van der Waals surface area contributed by atoms with Crippen molar-refractivity contribution in [1.29, 1.82) is 0 Å². The van der Waals surface area contributed by atoms with E-state index in [9.17, 15) is 18.8 Å². The standard InChI is InChI=1S/C39H42ClFN6O5/c1-23-7-13-30(14-8-23)47-34(20-33(45-47)39(4,5)6)44-38(51)43-21-28-18-29(41)12-11-27(28)22-52-32-17-25(3)46(37(50)35(32)40)31-19-26(10-9-24(31)2)36(49)42-15-16-48/h7-14,17-20,48H,15-16,21-22H2,1-6H3,(H,42,49)(H2,43,44,51). The molecule has 5 rings (SSSR count). The minimum atomic E-state index is -0.551. The highest BCUT2D eigenvalue weighted by atomic mass is 35.5. The van der Waals surface area contributed by atoms with Crippen LogP contribution in [0.4, 0.5) is 15.0 Å². The number of carbonyl (C=O) groups excluding carboxylic acids is 2. The normalized spacial score (nSPS) is 11.3. The van der Waals surface area contributed by atoms with Crippen molar-refractivity contribution in [2.45, 2.75) is 60.1 Å². The first-order valence-electron chi connectivity index (χ1n) is 16.7. The van der Waals surface area contributed by atoms with Crippen molar-refractivity contribution in [2.75, 3.05) is 18.5 Å². The van der Waals surface area contributed by atoms with Crippen LogP contribution < -0.4 is 26.2 Å². The van der Waals surface area contributed by atoms with E-state index in [2.05, 4.69) is 16.0 Å². The van der Waals surface area contributed by atoms with E-state index in [4.69, 9.17) is 26.5 Å². The number of nitrogens with one attached hydrogen (secondary N) is 3. The average molecular weight is 729 g/mol. The number of hydrogen-bond donors (Lipinski definition) is 4. The third-order valence-corrected chi connectivity index (χ3v) is 8.75. The van der Waals surface area contributed by atoms with Gasteiger partial charge in [-0.2, -0.15) is 5.10 Å². The first-order valence-corrected chi connectivity index (χ1v) is 17.1. The molecule has 4 N–H and O–H groups in total. The minimum absolute atomic E-state index is 0.0249. The van der Waals surface area contributed by atoms with Gasteiger partial charge in [0.15, 0.2) is 0 Å². The summed E-state index contributed by atoms with van der Waals surface area (Å²) in [5, 5.41) is 21.9. The number of nitrogens with zero attached hydrogens (tertiary/aromatic N) is 3. The number of amides is 3. The molecule has 0 aliphatic rings. The summed E-state index contributed by atoms with van der Waals surface area (Å²) in [5.41, 5.74) is 4.89. The maximum absolute atomic E-state index is 14.4. The van der Waals surface area contributed by atoms with Gasteiger partial charge < -0.3 is 20.5 Å². The van der Waals surface area contributed by atoms with E-state index in [-0.39, 0.29) is 42.5 Å². The molecule has 2 heterocycles. The van der Waals surface area contributed by atoms with Crippen LogP contribution in [0.25, 0.3) is 11.4 Å². The number of aryl methyl sites for hydroxylation is 3. The molecule has 0 bridgehead atoms. The predicted octanol–water partition coefficient (Wildman–Crippen LogP) is 6.66. The molecule has 0 unspecified atom stereocenters. The SMILES string of the molecule is Cc1ccc(-n2nc(C(C)(C)C)cc2NC(=O)NCc2cc(F)ccc2COc2cc(C)n(-c3cc(C(=O)NCCO)ccc3C)c(=O)c2Cl)cc1. The van der Waals surface area contributed by atoms with E-state index < -0.39 is 23.3 Å². The van der Waals surface area contributed by atoms with Gasteiger partial charge in [0.25, 0.3) is 11.5 Å². The summed E-state index contributed by atoms with van der Waals surface area (Å²) >= 11 is 6.55. The van der Waals surface area contributed by atoms with E-state index >= 15 is 0 Å². The lowest BCUT2D eigenvalue weighted by atomic mass is 9.92. The molecule has 11 nitrogen and oxygen atoms in total. The van der Waals surface area contributed by atoms with Gasteiger partial charge in [-0.1, -0.05) is 62.2 Å². The molecule has 3 amide bonds. The fraction of sp³-hybridized carbons (Fsp3) is 0.282. The second kappa shape index (κ2) is 15.8. The van der Waals surface area contributed by atoms with Crippen molar-refractivity contribution >= 4 is 29.4 Å². The van der Waals surface area contributed by atoms with Gasteiger partial charge in [-0.25, -0.2) is 13.9 Å². The Morgan fingerprint density at radius 3 is 2.37 bits per heavy atom. The molecule has 0 fully saturated rings. The second-order valence-electron chi connectivity index (χ2n) is 13.5. The van der Waals surface area contributed by atoms with Crippen LogP contribution in [0.5, 0.6) is 5.75 Å². The van der Waals surface area contributed by atoms with Gasteiger partial charge in [0.05, 0.1) is 23.7 Å². The Hall–Kier alpha value is -5.46. The number of pyridine rings is 1. The minimum Gasteiger partial charge on any atom is -0.487 e. The fourth-order valence-corrected chi connectivity index (χ4v) is 5.65. The highest BCUT2D eigenvalue weighted by molar-refractivity contribution is 6.31. The summed E-state index contributed by atoms with van der Waals surface area (Å²) in [6, 6.07) is 19.8. The molecular weight excluding hydrogens is 687 g/mol. The van der Waals surface area contributed by atoms with Crippen LogP contribution in [-0.4, -0.2) is 44.5 Å². The number of aromatic nitrogens is 3. The third-order valence-electron chi connectivity index (χ3n) is 8.40. The molecule has 3 aromatic carbocycles. The molecule has 0 radical (unpaired) electrons. The van der Waals surface area contributed by atoms with Crippen LogP contribution >= 0.6 is 11.6 Å². The zero-order valence-electron chi connectivity index (χ0n) is 29.9. The van der Waals surface area contributed by atoms with Crippen LogP contribution in [0.15, 0.2) is 77.6 Å². The lowest BCUT2D eigenvalue weighted by molar-refractivity contribution is 0.0944. The molecular formula is C39H42ClFN6O5.